The van der Waals surface area contributed by atoms with Crippen molar-refractivity contribution in [3.63, 3.8) is 0 Å². The number of hydrogen-bond acceptors (Lipinski definition) is 4. The molecule has 1 amide bonds. The molecule has 2 aromatic heterocycles. The molecule has 7 nitrogen and oxygen atoms in total. The van der Waals surface area contributed by atoms with Gasteiger partial charge in [0.2, 0.25) is 5.91 Å². The van der Waals surface area contributed by atoms with Crippen molar-refractivity contribution in [2.75, 3.05) is 6.54 Å². The van der Waals surface area contributed by atoms with Crippen LogP contribution in [0, 0.1) is 0 Å². The van der Waals surface area contributed by atoms with Crippen LogP contribution >= 0.6 is 0 Å². The maximum atomic E-state index is 11.1. The first kappa shape index (κ1) is 15.6. The monoisotopic (exact) mass is 336 g/mol. The molecule has 0 atom stereocenters. The van der Waals surface area contributed by atoms with E-state index in [4.69, 9.17) is 10.8 Å². The Bertz CT molecular complexity index is 879. The number of fused-ring (bicyclic) bond motifs is 1. The number of carbonyl (C=O) groups is 1. The number of benzene rings is 1. The second kappa shape index (κ2) is 6.52. The minimum Gasteiger partial charge on any atom is -0.370 e. The van der Waals surface area contributed by atoms with Gasteiger partial charge in [-0.1, -0.05) is 12.1 Å². The van der Waals surface area contributed by atoms with Crippen molar-refractivity contribution in [1.82, 2.24) is 24.6 Å². The highest BCUT2D eigenvalue weighted by Crippen LogP contribution is 2.28. The fourth-order valence-corrected chi connectivity index (χ4v) is 3.26. The molecule has 4 rings (SSSR count). The van der Waals surface area contributed by atoms with E-state index in [1.165, 1.54) is 11.3 Å². The van der Waals surface area contributed by atoms with Gasteiger partial charge in [0, 0.05) is 67.4 Å². The number of nitrogens with zero attached hydrogens (tertiary/aromatic N) is 4. The molecule has 3 N–H and O–H groups in total. The lowest BCUT2D eigenvalue weighted by molar-refractivity contribution is -0.118. The molecule has 0 saturated carbocycles. The molecule has 0 fully saturated rings. The highest BCUT2D eigenvalue weighted by atomic mass is 16.1. The number of nitrogens with two attached hydrogens (primary N) is 1. The zero-order valence-electron chi connectivity index (χ0n) is 13.9. The lowest BCUT2D eigenvalue weighted by Crippen LogP contribution is -2.25. The van der Waals surface area contributed by atoms with E-state index >= 15 is 0 Å². The summed E-state index contributed by atoms with van der Waals surface area (Å²) >= 11 is 0. The van der Waals surface area contributed by atoms with Crippen LogP contribution in [0.25, 0.3) is 16.9 Å². The Morgan fingerprint density at radius 2 is 2.12 bits per heavy atom. The van der Waals surface area contributed by atoms with Crippen LogP contribution in [-0.4, -0.2) is 31.8 Å². The number of aromatic nitrogens is 4. The summed E-state index contributed by atoms with van der Waals surface area (Å²) in [5, 5.41) is 8.18. The molecule has 128 valence electrons. The summed E-state index contributed by atoms with van der Waals surface area (Å²) < 4.78 is 3.91. The summed E-state index contributed by atoms with van der Waals surface area (Å²) in [7, 11) is 0. The average Bonchev–Trinajstić information content (AvgIpc) is 3.28. The molecule has 25 heavy (non-hydrogen) atoms. The molecule has 0 aliphatic carbocycles. The number of primary amides is 1. The van der Waals surface area contributed by atoms with Gasteiger partial charge in [-0.05, 0) is 12.1 Å². The van der Waals surface area contributed by atoms with Crippen LogP contribution in [-0.2, 0) is 24.3 Å². The topological polar surface area (TPSA) is 90.8 Å². The van der Waals surface area contributed by atoms with Crippen molar-refractivity contribution in [3.05, 3.63) is 54.2 Å². The van der Waals surface area contributed by atoms with E-state index in [2.05, 4.69) is 34.6 Å². The summed E-state index contributed by atoms with van der Waals surface area (Å²) in [6.45, 7) is 2.25. The molecule has 1 aliphatic heterocycles. The van der Waals surface area contributed by atoms with E-state index in [1.807, 2.05) is 15.4 Å². The fourth-order valence-electron chi connectivity index (χ4n) is 3.26. The van der Waals surface area contributed by atoms with E-state index in [0.29, 0.717) is 13.0 Å². The summed E-state index contributed by atoms with van der Waals surface area (Å²) in [6, 6.07) is 8.26. The van der Waals surface area contributed by atoms with Crippen molar-refractivity contribution < 1.29 is 4.79 Å². The Morgan fingerprint density at radius 3 is 2.84 bits per heavy atom. The van der Waals surface area contributed by atoms with Crippen LogP contribution in [0.15, 0.2) is 43.0 Å². The van der Waals surface area contributed by atoms with E-state index in [0.717, 1.165) is 36.5 Å². The third-order valence-corrected chi connectivity index (χ3v) is 4.52. The molecule has 3 aromatic rings. The molecule has 1 aromatic carbocycles. The third-order valence-electron chi connectivity index (χ3n) is 4.52. The Hall–Kier alpha value is -2.93. The maximum Gasteiger partial charge on any atom is 0.219 e. The van der Waals surface area contributed by atoms with E-state index in [9.17, 15) is 4.79 Å². The summed E-state index contributed by atoms with van der Waals surface area (Å²) in [6.07, 6.45) is 6.67. The molecular formula is C18H20N6O. The smallest absolute Gasteiger partial charge is 0.219 e. The van der Waals surface area contributed by atoms with Gasteiger partial charge < -0.3 is 15.6 Å². The van der Waals surface area contributed by atoms with Crippen molar-refractivity contribution in [1.29, 1.82) is 0 Å². The Balaban J connectivity index is 1.68. The first-order chi connectivity index (χ1) is 12.2. The quantitative estimate of drug-likeness (QED) is 0.734. The van der Waals surface area contributed by atoms with Crippen molar-refractivity contribution in [2.45, 2.75) is 25.9 Å². The van der Waals surface area contributed by atoms with Gasteiger partial charge in [-0.2, -0.15) is 5.10 Å². The van der Waals surface area contributed by atoms with Gasteiger partial charge in [-0.3, -0.25) is 9.48 Å². The van der Waals surface area contributed by atoms with Gasteiger partial charge in [0.25, 0.3) is 0 Å². The molecule has 0 bridgehead atoms. The molecule has 1 aliphatic rings. The number of rotatable bonds is 5. The average molecular weight is 336 g/mol. The van der Waals surface area contributed by atoms with Crippen LogP contribution < -0.4 is 11.1 Å². The standard InChI is InChI=1S/C18H20N6O/c19-17(25)6-9-24-16-5-7-20-11-15(16)18(22-24)13-1-3-14(4-2-13)23-10-8-21-12-23/h1-4,8,10,12,20H,5-7,9,11H2,(H2,19,25). The van der Waals surface area contributed by atoms with Gasteiger partial charge in [-0.25, -0.2) is 4.98 Å². The lowest BCUT2D eigenvalue weighted by Gasteiger charge is -2.15. The van der Waals surface area contributed by atoms with Gasteiger partial charge >= 0.3 is 0 Å². The lowest BCUT2D eigenvalue weighted by atomic mass is 10.0. The first-order valence-corrected chi connectivity index (χ1v) is 8.39. The zero-order chi connectivity index (χ0) is 17.2. The largest absolute Gasteiger partial charge is 0.370 e. The minimum absolute atomic E-state index is 0.301. The SMILES string of the molecule is NC(=O)CCn1nc(-c2ccc(-n3ccnc3)cc2)c2c1CCNC2. The van der Waals surface area contributed by atoms with Crippen molar-refractivity contribution in [3.8, 4) is 16.9 Å². The van der Waals surface area contributed by atoms with Crippen LogP contribution in [0.3, 0.4) is 0 Å². The number of hydrogen-bond donors (Lipinski definition) is 2. The van der Waals surface area contributed by atoms with E-state index < -0.39 is 0 Å². The Morgan fingerprint density at radius 1 is 1.28 bits per heavy atom. The van der Waals surface area contributed by atoms with Crippen LogP contribution in [0.4, 0.5) is 0 Å². The molecule has 0 saturated heterocycles. The highest BCUT2D eigenvalue weighted by Gasteiger charge is 2.21. The van der Waals surface area contributed by atoms with Crippen molar-refractivity contribution in [2.24, 2.45) is 5.73 Å². The highest BCUT2D eigenvalue weighted by molar-refractivity contribution is 5.73. The number of imidazole rings is 1. The van der Waals surface area contributed by atoms with Crippen LogP contribution in [0.2, 0.25) is 0 Å². The third kappa shape index (κ3) is 3.06. The summed E-state index contributed by atoms with van der Waals surface area (Å²) in [5.41, 5.74) is 10.8. The molecule has 7 heteroatoms. The number of aryl methyl sites for hydroxylation is 1. The Labute approximate surface area is 145 Å². The Kier molecular flexibility index (Phi) is 4.07. The first-order valence-electron chi connectivity index (χ1n) is 8.39. The molecule has 3 heterocycles. The van der Waals surface area contributed by atoms with E-state index in [-0.39, 0.29) is 5.91 Å². The summed E-state index contributed by atoms with van der Waals surface area (Å²) in [4.78, 5) is 15.2. The predicted octanol–water partition coefficient (Wildman–Crippen LogP) is 1.26. The van der Waals surface area contributed by atoms with Crippen LogP contribution in [0.5, 0.6) is 0 Å². The van der Waals surface area contributed by atoms with E-state index in [1.54, 1.807) is 12.5 Å². The van der Waals surface area contributed by atoms with Crippen molar-refractivity contribution >= 4 is 5.91 Å². The van der Waals surface area contributed by atoms with Gasteiger partial charge in [0.15, 0.2) is 0 Å². The normalized spacial score (nSPS) is 13.6. The fraction of sp³-hybridized carbons (Fsp3) is 0.278. The molecular weight excluding hydrogens is 316 g/mol. The second-order valence-corrected chi connectivity index (χ2v) is 6.16. The number of nitrogens with one attached hydrogen (secondary N) is 1. The number of amides is 1. The summed E-state index contributed by atoms with van der Waals surface area (Å²) in [5.74, 6) is -0.301. The molecule has 0 radical (unpaired) electrons. The molecule has 0 spiro atoms. The van der Waals surface area contributed by atoms with Gasteiger partial charge in [0.1, 0.15) is 0 Å². The predicted molar refractivity (Wildman–Crippen MR) is 94.0 cm³/mol. The van der Waals surface area contributed by atoms with Gasteiger partial charge in [-0.15, -0.1) is 0 Å². The second-order valence-electron chi connectivity index (χ2n) is 6.16. The maximum absolute atomic E-state index is 11.1. The van der Waals surface area contributed by atoms with Gasteiger partial charge in [0.05, 0.1) is 12.0 Å². The minimum atomic E-state index is -0.301. The van der Waals surface area contributed by atoms with Crippen LogP contribution in [0.1, 0.15) is 17.7 Å². The number of carbonyl (C=O) groups excluding carboxylic acids is 1. The zero-order valence-corrected chi connectivity index (χ0v) is 13.9. The molecule has 0 unspecified atom stereocenters.